The third kappa shape index (κ3) is 4.64. The van der Waals surface area contributed by atoms with Crippen LogP contribution < -0.4 is 14.4 Å². The zero-order chi connectivity index (χ0) is 25.1. The summed E-state index contributed by atoms with van der Waals surface area (Å²) in [5.41, 5.74) is 2.85. The third-order valence-electron chi connectivity index (χ3n) is 6.13. The molecule has 180 valence electrons. The Labute approximate surface area is 205 Å². The molecule has 1 N–H and O–H groups in total. The summed E-state index contributed by atoms with van der Waals surface area (Å²) in [6.45, 7) is 6.55. The van der Waals surface area contributed by atoms with Crippen molar-refractivity contribution in [3.63, 3.8) is 0 Å². The summed E-state index contributed by atoms with van der Waals surface area (Å²) in [6, 6.07) is 20.8. The Balaban J connectivity index is 1.89. The van der Waals surface area contributed by atoms with Gasteiger partial charge in [-0.1, -0.05) is 44.2 Å². The number of methoxy groups -OCH3 is 1. The predicted molar refractivity (Wildman–Crippen MR) is 136 cm³/mol. The smallest absolute Gasteiger partial charge is 0.300 e. The summed E-state index contributed by atoms with van der Waals surface area (Å²) in [5, 5.41) is 11.3. The van der Waals surface area contributed by atoms with Crippen LogP contribution in [0.5, 0.6) is 11.5 Å². The molecule has 3 aromatic carbocycles. The number of benzene rings is 3. The second-order valence-electron chi connectivity index (χ2n) is 8.65. The lowest BCUT2D eigenvalue weighted by Crippen LogP contribution is -2.29. The molecule has 1 saturated heterocycles. The van der Waals surface area contributed by atoms with Crippen LogP contribution in [0.2, 0.25) is 0 Å². The molecule has 0 spiro atoms. The lowest BCUT2D eigenvalue weighted by Gasteiger charge is -2.26. The number of ether oxygens (including phenoxy) is 2. The number of anilines is 1. The minimum absolute atomic E-state index is 0.0410. The Hall–Kier alpha value is -4.06. The van der Waals surface area contributed by atoms with Crippen LogP contribution in [-0.4, -0.2) is 30.5 Å². The summed E-state index contributed by atoms with van der Waals surface area (Å²) < 4.78 is 10.8. The van der Waals surface area contributed by atoms with Crippen LogP contribution in [0.1, 0.15) is 49.4 Å². The van der Waals surface area contributed by atoms with Gasteiger partial charge in [0.2, 0.25) is 0 Å². The van der Waals surface area contributed by atoms with Gasteiger partial charge in [0, 0.05) is 17.3 Å². The number of hydrogen-bond acceptors (Lipinski definition) is 5. The summed E-state index contributed by atoms with van der Waals surface area (Å²) >= 11 is 0. The molecule has 0 saturated carbocycles. The van der Waals surface area contributed by atoms with E-state index in [1.165, 1.54) is 4.90 Å². The number of carbonyl (C=O) groups excluding carboxylic acids is 2. The highest BCUT2D eigenvalue weighted by atomic mass is 16.5. The second-order valence-corrected chi connectivity index (χ2v) is 8.65. The minimum Gasteiger partial charge on any atom is -0.507 e. The highest BCUT2D eigenvalue weighted by molar-refractivity contribution is 6.51. The molecular weight excluding hydrogens is 442 g/mol. The number of aliphatic hydroxyl groups excluding tert-OH is 1. The lowest BCUT2D eigenvalue weighted by molar-refractivity contribution is -0.132. The molecule has 35 heavy (non-hydrogen) atoms. The quantitative estimate of drug-likeness (QED) is 0.266. The summed E-state index contributed by atoms with van der Waals surface area (Å²) in [6.07, 6.45) is 0. The van der Waals surface area contributed by atoms with Gasteiger partial charge in [-0.15, -0.1) is 0 Å². The van der Waals surface area contributed by atoms with Crippen LogP contribution in [0.25, 0.3) is 5.76 Å². The van der Waals surface area contributed by atoms with Gasteiger partial charge >= 0.3 is 0 Å². The molecule has 0 aliphatic carbocycles. The largest absolute Gasteiger partial charge is 0.507 e. The fourth-order valence-corrected chi connectivity index (χ4v) is 4.27. The molecule has 1 unspecified atom stereocenters. The van der Waals surface area contributed by atoms with E-state index in [-0.39, 0.29) is 11.3 Å². The van der Waals surface area contributed by atoms with E-state index in [4.69, 9.17) is 9.47 Å². The van der Waals surface area contributed by atoms with Gasteiger partial charge in [0.05, 0.1) is 25.3 Å². The normalized spacial score (nSPS) is 17.2. The van der Waals surface area contributed by atoms with Crippen LogP contribution in [0.3, 0.4) is 0 Å². The first-order valence-electron chi connectivity index (χ1n) is 11.6. The van der Waals surface area contributed by atoms with E-state index in [0.717, 1.165) is 11.1 Å². The van der Waals surface area contributed by atoms with Crippen LogP contribution in [0, 0.1) is 0 Å². The second kappa shape index (κ2) is 10.1. The topological polar surface area (TPSA) is 76.1 Å². The first kappa shape index (κ1) is 24.1. The molecule has 1 fully saturated rings. The molecule has 1 heterocycles. The van der Waals surface area contributed by atoms with Gasteiger partial charge in [0.15, 0.2) is 0 Å². The fraction of sp³-hybridized carbons (Fsp3) is 0.241. The molecule has 4 rings (SSSR count). The van der Waals surface area contributed by atoms with Crippen molar-refractivity contribution < 1.29 is 24.2 Å². The number of amides is 1. The van der Waals surface area contributed by atoms with Gasteiger partial charge in [-0.25, -0.2) is 0 Å². The standard InChI is InChI=1S/C29H29NO5/c1-5-35-24-8-6-7-22(17-24)30-26(20-11-9-19(10-12-20)18(2)3)25(28(32)29(30)33)27(31)21-13-15-23(34-4)16-14-21/h6-18,26,31H,5H2,1-4H3/b27-25+. The Morgan fingerprint density at radius 1 is 0.971 bits per heavy atom. The van der Waals surface area contributed by atoms with Crippen LogP contribution in [-0.2, 0) is 9.59 Å². The van der Waals surface area contributed by atoms with Crippen molar-refractivity contribution in [3.8, 4) is 11.5 Å². The number of hydrogen-bond donors (Lipinski definition) is 1. The zero-order valence-corrected chi connectivity index (χ0v) is 20.3. The third-order valence-corrected chi connectivity index (χ3v) is 6.13. The Morgan fingerprint density at radius 2 is 1.66 bits per heavy atom. The van der Waals surface area contributed by atoms with E-state index < -0.39 is 17.7 Å². The highest BCUT2D eigenvalue weighted by Crippen LogP contribution is 2.43. The molecule has 6 heteroatoms. The summed E-state index contributed by atoms with van der Waals surface area (Å²) in [7, 11) is 1.55. The Morgan fingerprint density at radius 3 is 2.26 bits per heavy atom. The van der Waals surface area contributed by atoms with Crippen molar-refractivity contribution in [1.29, 1.82) is 0 Å². The average molecular weight is 472 g/mol. The van der Waals surface area contributed by atoms with E-state index in [1.807, 2.05) is 31.2 Å². The molecule has 0 aromatic heterocycles. The molecule has 1 amide bonds. The first-order valence-corrected chi connectivity index (χ1v) is 11.6. The molecule has 1 aliphatic heterocycles. The average Bonchev–Trinajstić information content (AvgIpc) is 3.14. The number of nitrogens with zero attached hydrogens (tertiary/aromatic N) is 1. The Kier molecular flexibility index (Phi) is 6.92. The fourth-order valence-electron chi connectivity index (χ4n) is 4.27. The molecule has 0 radical (unpaired) electrons. The van der Waals surface area contributed by atoms with Crippen molar-refractivity contribution in [2.45, 2.75) is 32.7 Å². The first-order chi connectivity index (χ1) is 16.8. The van der Waals surface area contributed by atoms with Crippen LogP contribution >= 0.6 is 0 Å². The summed E-state index contributed by atoms with van der Waals surface area (Å²) in [5.74, 6) is -0.124. The van der Waals surface area contributed by atoms with Gasteiger partial charge in [-0.2, -0.15) is 0 Å². The molecule has 3 aromatic rings. The van der Waals surface area contributed by atoms with Crippen LogP contribution in [0.15, 0.2) is 78.4 Å². The molecule has 1 atom stereocenters. The number of Topliss-reactive ketones (excluding diaryl/α,β-unsaturated/α-hetero) is 1. The van der Waals surface area contributed by atoms with E-state index in [0.29, 0.717) is 35.3 Å². The minimum atomic E-state index is -0.796. The molecule has 0 bridgehead atoms. The monoisotopic (exact) mass is 471 g/mol. The van der Waals surface area contributed by atoms with E-state index >= 15 is 0 Å². The SMILES string of the molecule is CCOc1cccc(N2C(=O)C(=O)/C(=C(/O)c3ccc(OC)cc3)C2c2ccc(C(C)C)cc2)c1. The van der Waals surface area contributed by atoms with Crippen molar-refractivity contribution >= 4 is 23.1 Å². The van der Waals surface area contributed by atoms with Gasteiger partial charge < -0.3 is 14.6 Å². The van der Waals surface area contributed by atoms with Crippen molar-refractivity contribution in [3.05, 3.63) is 95.1 Å². The van der Waals surface area contributed by atoms with Crippen LogP contribution in [0.4, 0.5) is 5.69 Å². The van der Waals surface area contributed by atoms with Gasteiger partial charge in [0.1, 0.15) is 17.3 Å². The molecule has 6 nitrogen and oxygen atoms in total. The van der Waals surface area contributed by atoms with E-state index in [9.17, 15) is 14.7 Å². The number of ketones is 1. The highest BCUT2D eigenvalue weighted by Gasteiger charge is 2.47. The zero-order valence-electron chi connectivity index (χ0n) is 20.3. The van der Waals surface area contributed by atoms with Crippen molar-refractivity contribution in [1.82, 2.24) is 0 Å². The molecule has 1 aliphatic rings. The maximum atomic E-state index is 13.4. The maximum Gasteiger partial charge on any atom is 0.300 e. The van der Waals surface area contributed by atoms with Crippen molar-refractivity contribution in [2.75, 3.05) is 18.6 Å². The van der Waals surface area contributed by atoms with E-state index in [2.05, 4.69) is 13.8 Å². The number of rotatable bonds is 7. The molecular formula is C29H29NO5. The number of aliphatic hydroxyl groups is 1. The number of carbonyl (C=O) groups is 2. The summed E-state index contributed by atoms with van der Waals surface area (Å²) in [4.78, 5) is 28.1. The van der Waals surface area contributed by atoms with E-state index in [1.54, 1.807) is 55.6 Å². The lowest BCUT2D eigenvalue weighted by atomic mass is 9.93. The Bertz CT molecular complexity index is 1260. The van der Waals surface area contributed by atoms with Gasteiger partial charge in [-0.05, 0) is 60.4 Å². The van der Waals surface area contributed by atoms with Gasteiger partial charge in [-0.3, -0.25) is 14.5 Å². The predicted octanol–water partition coefficient (Wildman–Crippen LogP) is 5.84. The van der Waals surface area contributed by atoms with Crippen molar-refractivity contribution in [2.24, 2.45) is 0 Å². The maximum absolute atomic E-state index is 13.4. The van der Waals surface area contributed by atoms with Gasteiger partial charge in [0.25, 0.3) is 11.7 Å².